The summed E-state index contributed by atoms with van der Waals surface area (Å²) in [5.74, 6) is 0. The lowest BCUT2D eigenvalue weighted by Crippen LogP contribution is -2.38. The quantitative estimate of drug-likeness (QED) is 0.894. The summed E-state index contributed by atoms with van der Waals surface area (Å²) in [6.07, 6.45) is 3.96. The largest absolute Gasteiger partial charge is 0.444 e. The van der Waals surface area contributed by atoms with Crippen LogP contribution in [0.1, 0.15) is 52.0 Å². The topological polar surface area (TPSA) is 64.3 Å². The number of nitrogens with one attached hydrogen (secondary N) is 1. The second kappa shape index (κ2) is 4.47. The Balaban J connectivity index is 1.83. The summed E-state index contributed by atoms with van der Waals surface area (Å²) in [6.45, 7) is 5.58. The molecule has 2 aliphatic carbocycles. The van der Waals surface area contributed by atoms with Gasteiger partial charge in [0.15, 0.2) is 0 Å². The van der Waals surface area contributed by atoms with Gasteiger partial charge in [-0.15, -0.1) is 0 Å². The fourth-order valence-corrected chi connectivity index (χ4v) is 3.20. The van der Waals surface area contributed by atoms with E-state index in [0.717, 1.165) is 36.9 Å². The lowest BCUT2D eigenvalue weighted by atomic mass is 9.85. The second-order valence-electron chi connectivity index (χ2n) is 7.41. The summed E-state index contributed by atoms with van der Waals surface area (Å²) in [4.78, 5) is 12.0. The zero-order valence-electron chi connectivity index (χ0n) is 13.0. The lowest BCUT2D eigenvalue weighted by molar-refractivity contribution is 0.0635. The van der Waals surface area contributed by atoms with E-state index in [1.165, 1.54) is 0 Å². The highest BCUT2D eigenvalue weighted by atomic mass is 16.6. The fourth-order valence-electron chi connectivity index (χ4n) is 3.20. The van der Waals surface area contributed by atoms with E-state index >= 15 is 0 Å². The van der Waals surface area contributed by atoms with E-state index in [9.17, 15) is 4.79 Å². The van der Waals surface area contributed by atoms with Crippen LogP contribution in [0.5, 0.6) is 0 Å². The maximum Gasteiger partial charge on any atom is 0.412 e. The summed E-state index contributed by atoms with van der Waals surface area (Å²) >= 11 is 0. The Morgan fingerprint density at radius 2 is 1.81 bits per heavy atom. The summed E-state index contributed by atoms with van der Waals surface area (Å²) in [5.41, 5.74) is 7.96. The van der Waals surface area contributed by atoms with Crippen LogP contribution < -0.4 is 11.1 Å². The van der Waals surface area contributed by atoms with E-state index in [2.05, 4.69) is 11.4 Å². The Kier molecular flexibility index (Phi) is 3.06. The minimum absolute atomic E-state index is 0.0542. The number of carbonyl (C=O) groups excluding carboxylic acids is 1. The summed E-state index contributed by atoms with van der Waals surface area (Å²) in [6, 6.07) is 7.97. The van der Waals surface area contributed by atoms with Crippen LogP contribution in [0.4, 0.5) is 10.5 Å². The van der Waals surface area contributed by atoms with Gasteiger partial charge in [0.25, 0.3) is 0 Å². The molecule has 0 aliphatic heterocycles. The molecule has 0 aromatic heterocycles. The second-order valence-corrected chi connectivity index (χ2v) is 7.41. The number of nitrogens with two attached hydrogens (primary N) is 1. The first-order valence-electron chi connectivity index (χ1n) is 7.64. The standard InChI is InChI=1S/C17H24N2O2/c1-15(2,3)21-14(20)19-13-7-5-4-6-12(13)16(8-9-16)17(18)10-11-17/h4-7H,8-11,18H2,1-3H3,(H,19,20). The van der Waals surface area contributed by atoms with E-state index in [1.807, 2.05) is 39.0 Å². The molecule has 2 saturated carbocycles. The van der Waals surface area contributed by atoms with Crippen molar-refractivity contribution < 1.29 is 9.53 Å². The molecule has 3 N–H and O–H groups in total. The zero-order chi connectivity index (χ0) is 15.3. The average Bonchev–Trinajstić information content (AvgIpc) is 3.23. The molecule has 1 aromatic rings. The summed E-state index contributed by atoms with van der Waals surface area (Å²) in [7, 11) is 0. The molecule has 1 amide bonds. The third-order valence-electron chi connectivity index (χ3n) is 4.57. The van der Waals surface area contributed by atoms with Gasteiger partial charge < -0.3 is 10.5 Å². The first kappa shape index (κ1) is 14.4. The Labute approximate surface area is 126 Å². The first-order chi connectivity index (χ1) is 9.76. The van der Waals surface area contributed by atoms with Gasteiger partial charge in [0.2, 0.25) is 0 Å². The van der Waals surface area contributed by atoms with Gasteiger partial charge >= 0.3 is 6.09 Å². The number of para-hydroxylation sites is 1. The molecule has 0 heterocycles. The number of anilines is 1. The number of benzene rings is 1. The predicted molar refractivity (Wildman–Crippen MR) is 83.4 cm³/mol. The molecule has 0 atom stereocenters. The van der Waals surface area contributed by atoms with Gasteiger partial charge in [0.1, 0.15) is 5.60 Å². The van der Waals surface area contributed by atoms with Gasteiger partial charge in [-0.05, 0) is 58.1 Å². The third kappa shape index (κ3) is 2.64. The molecular formula is C17H24N2O2. The van der Waals surface area contributed by atoms with Crippen LogP contribution in [-0.2, 0) is 10.2 Å². The third-order valence-corrected chi connectivity index (χ3v) is 4.57. The van der Waals surface area contributed by atoms with Gasteiger partial charge in [-0.25, -0.2) is 4.79 Å². The van der Waals surface area contributed by atoms with Crippen molar-refractivity contribution in [2.45, 2.75) is 63.0 Å². The van der Waals surface area contributed by atoms with Crippen LogP contribution in [0.2, 0.25) is 0 Å². The monoisotopic (exact) mass is 288 g/mol. The van der Waals surface area contributed by atoms with Crippen molar-refractivity contribution in [3.63, 3.8) is 0 Å². The molecule has 1 aromatic carbocycles. The van der Waals surface area contributed by atoms with Crippen molar-refractivity contribution in [1.29, 1.82) is 0 Å². The van der Waals surface area contributed by atoms with Crippen molar-refractivity contribution in [2.24, 2.45) is 5.73 Å². The zero-order valence-corrected chi connectivity index (χ0v) is 13.0. The molecule has 3 rings (SSSR count). The number of ether oxygens (including phenoxy) is 1. The maximum absolute atomic E-state index is 12.0. The molecule has 0 bridgehead atoms. The van der Waals surface area contributed by atoms with Gasteiger partial charge in [-0.1, -0.05) is 18.2 Å². The minimum Gasteiger partial charge on any atom is -0.444 e. The number of rotatable bonds is 3. The Hall–Kier alpha value is -1.55. The molecule has 4 nitrogen and oxygen atoms in total. The van der Waals surface area contributed by atoms with E-state index in [4.69, 9.17) is 10.5 Å². The number of amides is 1. The van der Waals surface area contributed by atoms with Crippen molar-refractivity contribution in [2.75, 3.05) is 5.32 Å². The van der Waals surface area contributed by atoms with Crippen molar-refractivity contribution in [3.05, 3.63) is 29.8 Å². The molecule has 0 spiro atoms. The molecular weight excluding hydrogens is 264 g/mol. The van der Waals surface area contributed by atoms with E-state index in [0.29, 0.717) is 0 Å². The number of hydrogen-bond donors (Lipinski definition) is 2. The van der Waals surface area contributed by atoms with Crippen LogP contribution in [0, 0.1) is 0 Å². The molecule has 4 heteroatoms. The van der Waals surface area contributed by atoms with Crippen LogP contribution in [0.3, 0.4) is 0 Å². The average molecular weight is 288 g/mol. The van der Waals surface area contributed by atoms with Crippen LogP contribution in [-0.4, -0.2) is 17.2 Å². The summed E-state index contributed by atoms with van der Waals surface area (Å²) in [5, 5.41) is 2.90. The number of hydrogen-bond acceptors (Lipinski definition) is 3. The highest BCUT2D eigenvalue weighted by Gasteiger charge is 2.64. The lowest BCUT2D eigenvalue weighted by Gasteiger charge is -2.26. The van der Waals surface area contributed by atoms with E-state index in [-0.39, 0.29) is 11.0 Å². The van der Waals surface area contributed by atoms with Crippen molar-refractivity contribution in [1.82, 2.24) is 0 Å². The smallest absolute Gasteiger partial charge is 0.412 e. The van der Waals surface area contributed by atoms with Crippen LogP contribution >= 0.6 is 0 Å². The normalized spacial score (nSPS) is 21.5. The van der Waals surface area contributed by atoms with Crippen LogP contribution in [0.25, 0.3) is 0 Å². The highest BCUT2D eigenvalue weighted by Crippen LogP contribution is 2.64. The SMILES string of the molecule is CC(C)(C)OC(=O)Nc1ccccc1C1(C2(N)CC2)CC1. The molecule has 0 unspecified atom stereocenters. The van der Waals surface area contributed by atoms with Gasteiger partial charge in [-0.3, -0.25) is 5.32 Å². The molecule has 2 aliphatic rings. The minimum atomic E-state index is -0.498. The van der Waals surface area contributed by atoms with Gasteiger partial charge in [0.05, 0.1) is 0 Å². The Bertz CT molecular complexity index is 566. The molecule has 0 radical (unpaired) electrons. The van der Waals surface area contributed by atoms with Crippen molar-refractivity contribution in [3.8, 4) is 0 Å². The summed E-state index contributed by atoms with van der Waals surface area (Å²) < 4.78 is 5.35. The van der Waals surface area contributed by atoms with Gasteiger partial charge in [-0.2, -0.15) is 0 Å². The number of carbonyl (C=O) groups is 1. The fraction of sp³-hybridized carbons (Fsp3) is 0.588. The van der Waals surface area contributed by atoms with Gasteiger partial charge in [0, 0.05) is 16.6 Å². The highest BCUT2D eigenvalue weighted by molar-refractivity contribution is 5.86. The van der Waals surface area contributed by atoms with E-state index in [1.54, 1.807) is 0 Å². The first-order valence-corrected chi connectivity index (χ1v) is 7.64. The molecule has 21 heavy (non-hydrogen) atoms. The maximum atomic E-state index is 12.0. The van der Waals surface area contributed by atoms with Crippen LogP contribution in [0.15, 0.2) is 24.3 Å². The Morgan fingerprint density at radius 1 is 1.19 bits per heavy atom. The van der Waals surface area contributed by atoms with Crippen molar-refractivity contribution >= 4 is 11.8 Å². The Morgan fingerprint density at radius 3 is 2.33 bits per heavy atom. The van der Waals surface area contributed by atoms with E-state index < -0.39 is 11.7 Å². The predicted octanol–water partition coefficient (Wildman–Crippen LogP) is 3.56. The molecule has 0 saturated heterocycles. The molecule has 2 fully saturated rings. The molecule has 114 valence electrons.